The van der Waals surface area contributed by atoms with Crippen molar-refractivity contribution in [2.45, 2.75) is 38.5 Å². The Morgan fingerprint density at radius 2 is 1.76 bits per heavy atom. The van der Waals surface area contributed by atoms with Gasteiger partial charge in [-0.3, -0.25) is 9.52 Å². The van der Waals surface area contributed by atoms with Gasteiger partial charge in [0, 0.05) is 5.56 Å². The van der Waals surface area contributed by atoms with Crippen LogP contribution in [-0.4, -0.2) is 27.5 Å². The third kappa shape index (κ3) is 6.52. The standard InChI is InChI=1S/C26H29ClN2O4S/c1-4-6-20-9-12-22(13-10-20)33-16-15-28-26(30)21-11-14-23(27)25(17-21)34(31,32)29-24-8-5-7-18(2)19(24)3/h5,7-14,17,29H,4,6,15-16H2,1-3H3,(H,28,30). The molecule has 180 valence electrons. The molecule has 1 amide bonds. The predicted molar refractivity (Wildman–Crippen MR) is 136 cm³/mol. The Balaban J connectivity index is 1.63. The maximum Gasteiger partial charge on any atom is 0.263 e. The number of sulfonamides is 1. The van der Waals surface area contributed by atoms with Gasteiger partial charge in [-0.15, -0.1) is 0 Å². The highest BCUT2D eigenvalue weighted by Gasteiger charge is 2.21. The van der Waals surface area contributed by atoms with Gasteiger partial charge in [-0.25, -0.2) is 8.42 Å². The molecule has 0 unspecified atom stereocenters. The SMILES string of the molecule is CCCc1ccc(OCCNC(=O)c2ccc(Cl)c(S(=O)(=O)Nc3cccc(C)c3C)c2)cc1. The summed E-state index contributed by atoms with van der Waals surface area (Å²) in [6, 6.07) is 17.4. The Hall–Kier alpha value is -3.03. The van der Waals surface area contributed by atoms with E-state index in [4.69, 9.17) is 16.3 Å². The number of hydrogen-bond acceptors (Lipinski definition) is 4. The highest BCUT2D eigenvalue weighted by atomic mass is 35.5. The zero-order valence-corrected chi connectivity index (χ0v) is 21.1. The first kappa shape index (κ1) is 25.6. The number of aryl methyl sites for hydroxylation is 2. The van der Waals surface area contributed by atoms with Gasteiger partial charge in [0.15, 0.2) is 0 Å². The Labute approximate surface area is 206 Å². The lowest BCUT2D eigenvalue weighted by Gasteiger charge is -2.14. The van der Waals surface area contributed by atoms with Gasteiger partial charge in [-0.05, 0) is 73.4 Å². The molecule has 0 aliphatic rings. The number of nitrogens with one attached hydrogen (secondary N) is 2. The van der Waals surface area contributed by atoms with E-state index in [0.29, 0.717) is 5.69 Å². The average molecular weight is 501 g/mol. The summed E-state index contributed by atoms with van der Waals surface area (Å²) in [5.74, 6) is 0.313. The van der Waals surface area contributed by atoms with Crippen molar-refractivity contribution in [3.05, 3.63) is 87.9 Å². The van der Waals surface area contributed by atoms with Crippen molar-refractivity contribution in [2.75, 3.05) is 17.9 Å². The van der Waals surface area contributed by atoms with Gasteiger partial charge in [-0.1, -0.05) is 49.2 Å². The van der Waals surface area contributed by atoms with Crippen LogP contribution < -0.4 is 14.8 Å². The molecular formula is C26H29ClN2O4S. The molecule has 34 heavy (non-hydrogen) atoms. The van der Waals surface area contributed by atoms with Crippen molar-refractivity contribution in [2.24, 2.45) is 0 Å². The topological polar surface area (TPSA) is 84.5 Å². The summed E-state index contributed by atoms with van der Waals surface area (Å²) in [5.41, 5.74) is 3.68. The van der Waals surface area contributed by atoms with E-state index in [9.17, 15) is 13.2 Å². The number of anilines is 1. The van der Waals surface area contributed by atoms with Gasteiger partial charge < -0.3 is 10.1 Å². The van der Waals surface area contributed by atoms with E-state index in [1.54, 1.807) is 12.1 Å². The molecule has 0 aliphatic carbocycles. The summed E-state index contributed by atoms with van der Waals surface area (Å²) in [5, 5.41) is 2.77. The Bertz CT molecular complexity index is 1260. The lowest BCUT2D eigenvalue weighted by molar-refractivity contribution is 0.0947. The first-order valence-corrected chi connectivity index (χ1v) is 13.0. The molecule has 0 spiro atoms. The number of ether oxygens (including phenoxy) is 1. The van der Waals surface area contributed by atoms with E-state index in [0.717, 1.165) is 29.7 Å². The van der Waals surface area contributed by atoms with Crippen LogP contribution >= 0.6 is 11.6 Å². The summed E-state index contributed by atoms with van der Waals surface area (Å²) in [4.78, 5) is 12.4. The van der Waals surface area contributed by atoms with E-state index in [1.807, 2.05) is 44.2 Å². The van der Waals surface area contributed by atoms with Crippen LogP contribution in [0.4, 0.5) is 5.69 Å². The second-order valence-corrected chi connectivity index (χ2v) is 10.1. The van der Waals surface area contributed by atoms with Crippen molar-refractivity contribution in [1.82, 2.24) is 5.32 Å². The number of carbonyl (C=O) groups excluding carboxylic acids is 1. The van der Waals surface area contributed by atoms with Crippen LogP contribution in [0.5, 0.6) is 5.75 Å². The lowest BCUT2D eigenvalue weighted by atomic mass is 10.1. The van der Waals surface area contributed by atoms with E-state index in [2.05, 4.69) is 17.0 Å². The number of carbonyl (C=O) groups is 1. The molecule has 3 rings (SSSR count). The zero-order chi connectivity index (χ0) is 24.7. The Kier molecular flexibility index (Phi) is 8.58. The molecule has 0 heterocycles. The number of hydrogen-bond donors (Lipinski definition) is 2. The van der Waals surface area contributed by atoms with E-state index in [1.165, 1.54) is 23.8 Å². The Morgan fingerprint density at radius 1 is 1.03 bits per heavy atom. The molecular weight excluding hydrogens is 472 g/mol. The molecule has 6 nitrogen and oxygen atoms in total. The lowest BCUT2D eigenvalue weighted by Crippen LogP contribution is -2.28. The number of benzene rings is 3. The van der Waals surface area contributed by atoms with Crippen molar-refractivity contribution in [1.29, 1.82) is 0 Å². The Morgan fingerprint density at radius 3 is 2.47 bits per heavy atom. The predicted octanol–water partition coefficient (Wildman–Crippen LogP) is 5.52. The molecule has 0 radical (unpaired) electrons. The van der Waals surface area contributed by atoms with Crippen molar-refractivity contribution >= 4 is 33.2 Å². The van der Waals surface area contributed by atoms with Gasteiger partial charge in [0.25, 0.3) is 15.9 Å². The molecule has 0 aliphatic heterocycles. The summed E-state index contributed by atoms with van der Waals surface area (Å²) < 4.78 is 34.2. The number of amides is 1. The van der Waals surface area contributed by atoms with E-state index < -0.39 is 15.9 Å². The van der Waals surface area contributed by atoms with E-state index >= 15 is 0 Å². The minimum atomic E-state index is -3.99. The van der Waals surface area contributed by atoms with Gasteiger partial charge in [0.1, 0.15) is 17.3 Å². The minimum Gasteiger partial charge on any atom is -0.492 e. The second kappa shape index (κ2) is 11.4. The van der Waals surface area contributed by atoms with Crippen molar-refractivity contribution < 1.29 is 17.9 Å². The highest BCUT2D eigenvalue weighted by Crippen LogP contribution is 2.27. The van der Waals surface area contributed by atoms with E-state index in [-0.39, 0.29) is 28.6 Å². The van der Waals surface area contributed by atoms with Gasteiger partial charge in [-0.2, -0.15) is 0 Å². The van der Waals surface area contributed by atoms with Crippen LogP contribution in [0.25, 0.3) is 0 Å². The fourth-order valence-corrected chi connectivity index (χ4v) is 5.04. The zero-order valence-electron chi connectivity index (χ0n) is 19.5. The van der Waals surface area contributed by atoms with Crippen LogP contribution in [0.15, 0.2) is 65.6 Å². The second-order valence-electron chi connectivity index (χ2n) is 8.00. The van der Waals surface area contributed by atoms with Crippen LogP contribution in [0.1, 0.15) is 40.4 Å². The maximum absolute atomic E-state index is 13.0. The number of rotatable bonds is 10. The number of halogens is 1. The highest BCUT2D eigenvalue weighted by molar-refractivity contribution is 7.92. The van der Waals surface area contributed by atoms with Gasteiger partial charge in [0.2, 0.25) is 0 Å². The van der Waals surface area contributed by atoms with Gasteiger partial charge >= 0.3 is 0 Å². The van der Waals surface area contributed by atoms with Crippen molar-refractivity contribution in [3.8, 4) is 5.75 Å². The molecule has 0 fully saturated rings. The molecule has 8 heteroatoms. The van der Waals surface area contributed by atoms with Crippen molar-refractivity contribution in [3.63, 3.8) is 0 Å². The van der Waals surface area contributed by atoms with Crippen LogP contribution in [0, 0.1) is 13.8 Å². The first-order valence-electron chi connectivity index (χ1n) is 11.1. The monoisotopic (exact) mass is 500 g/mol. The molecule has 3 aromatic carbocycles. The fourth-order valence-electron chi connectivity index (χ4n) is 3.39. The summed E-state index contributed by atoms with van der Waals surface area (Å²) >= 11 is 6.18. The quantitative estimate of drug-likeness (QED) is 0.359. The average Bonchev–Trinajstić information content (AvgIpc) is 2.81. The van der Waals surface area contributed by atoms with Crippen LogP contribution in [0.3, 0.4) is 0 Å². The minimum absolute atomic E-state index is 0.0317. The summed E-state index contributed by atoms with van der Waals surface area (Å²) in [6.45, 7) is 6.41. The largest absolute Gasteiger partial charge is 0.492 e. The molecule has 2 N–H and O–H groups in total. The summed E-state index contributed by atoms with van der Waals surface area (Å²) in [6.07, 6.45) is 2.11. The summed E-state index contributed by atoms with van der Waals surface area (Å²) in [7, 11) is -3.99. The third-order valence-corrected chi connectivity index (χ3v) is 7.30. The molecule has 0 saturated heterocycles. The fraction of sp³-hybridized carbons (Fsp3) is 0.269. The first-order chi connectivity index (χ1) is 16.2. The maximum atomic E-state index is 13.0. The van der Waals surface area contributed by atoms with Crippen LogP contribution in [0.2, 0.25) is 5.02 Å². The smallest absolute Gasteiger partial charge is 0.263 e. The normalized spacial score (nSPS) is 11.2. The molecule has 0 atom stereocenters. The molecule has 0 aromatic heterocycles. The molecule has 0 saturated carbocycles. The van der Waals surface area contributed by atoms with Gasteiger partial charge in [0.05, 0.1) is 17.3 Å². The van der Waals surface area contributed by atoms with Crippen LogP contribution in [-0.2, 0) is 16.4 Å². The molecule has 3 aromatic rings. The third-order valence-electron chi connectivity index (χ3n) is 5.45. The molecule has 0 bridgehead atoms.